The average molecular weight is 387 g/mol. The number of anilines is 1. The van der Waals surface area contributed by atoms with Crippen molar-refractivity contribution in [2.45, 2.75) is 31.2 Å². The topological polar surface area (TPSA) is 92.5 Å². The summed E-state index contributed by atoms with van der Waals surface area (Å²) in [5, 5.41) is 7.62. The lowest BCUT2D eigenvalue weighted by Gasteiger charge is -2.27. The minimum absolute atomic E-state index is 0.190. The van der Waals surface area contributed by atoms with Gasteiger partial charge in [-0.05, 0) is 24.8 Å². The number of nitrogens with one attached hydrogen (secondary N) is 1. The molecule has 27 heavy (non-hydrogen) atoms. The zero-order chi connectivity index (χ0) is 19.4. The van der Waals surface area contributed by atoms with Gasteiger partial charge in [0, 0.05) is 17.5 Å². The summed E-state index contributed by atoms with van der Waals surface area (Å²) in [5.74, 6) is -0.236. The lowest BCUT2D eigenvalue weighted by atomic mass is 10.1. The van der Waals surface area contributed by atoms with Crippen LogP contribution in [-0.2, 0) is 14.8 Å². The van der Waals surface area contributed by atoms with Crippen molar-refractivity contribution >= 4 is 32.5 Å². The molecule has 1 amide bonds. The summed E-state index contributed by atoms with van der Waals surface area (Å²) < 4.78 is 32.7. The molecule has 1 atom stereocenters. The predicted molar refractivity (Wildman–Crippen MR) is 103 cm³/mol. The Kier molecular flexibility index (Phi) is 5.57. The molecule has 142 valence electrons. The predicted octanol–water partition coefficient (Wildman–Crippen LogP) is 3.26. The molecule has 0 radical (unpaired) electrons. The second-order valence-electron chi connectivity index (χ2n) is 6.22. The molecule has 0 fully saturated rings. The van der Waals surface area contributed by atoms with Gasteiger partial charge in [-0.1, -0.05) is 48.5 Å². The van der Waals surface area contributed by atoms with Crippen molar-refractivity contribution in [1.29, 1.82) is 0 Å². The van der Waals surface area contributed by atoms with Crippen LogP contribution in [0.1, 0.15) is 20.3 Å². The summed E-state index contributed by atoms with van der Waals surface area (Å²) in [5.41, 5.74) is 0. The highest BCUT2D eigenvalue weighted by Crippen LogP contribution is 2.27. The Hall–Kier alpha value is -2.71. The maximum Gasteiger partial charge on any atom is 0.244 e. The number of benzene rings is 2. The molecule has 0 aliphatic rings. The van der Waals surface area contributed by atoms with E-state index in [1.165, 1.54) is 16.6 Å². The van der Waals surface area contributed by atoms with Gasteiger partial charge in [0.25, 0.3) is 0 Å². The van der Waals surface area contributed by atoms with E-state index in [9.17, 15) is 13.2 Å². The number of carbonyl (C=O) groups is 1. The molecule has 0 saturated carbocycles. The van der Waals surface area contributed by atoms with Crippen molar-refractivity contribution in [2.75, 3.05) is 11.9 Å². The largest absolute Gasteiger partial charge is 0.363 e. The second kappa shape index (κ2) is 7.89. The van der Waals surface area contributed by atoms with Gasteiger partial charge in [-0.3, -0.25) is 4.79 Å². The Morgan fingerprint density at radius 2 is 1.93 bits per heavy atom. The van der Waals surface area contributed by atoms with Crippen LogP contribution in [0.3, 0.4) is 0 Å². The van der Waals surface area contributed by atoms with Crippen LogP contribution in [0.15, 0.2) is 64.2 Å². The fourth-order valence-electron chi connectivity index (χ4n) is 2.83. The van der Waals surface area contributed by atoms with E-state index in [0.29, 0.717) is 11.8 Å². The number of nitrogens with zero attached hydrogens (tertiary/aromatic N) is 2. The van der Waals surface area contributed by atoms with Crippen LogP contribution in [0.2, 0.25) is 0 Å². The number of fused-ring (bicyclic) bond motifs is 1. The lowest BCUT2D eigenvalue weighted by molar-refractivity contribution is -0.116. The molecule has 1 heterocycles. The molecule has 0 saturated heterocycles. The van der Waals surface area contributed by atoms with Crippen molar-refractivity contribution in [3.8, 4) is 0 Å². The average Bonchev–Trinajstić information content (AvgIpc) is 3.17. The monoisotopic (exact) mass is 387 g/mol. The molecule has 0 aliphatic carbocycles. The first-order valence-corrected chi connectivity index (χ1v) is 10.1. The Morgan fingerprint density at radius 3 is 2.63 bits per heavy atom. The summed E-state index contributed by atoms with van der Waals surface area (Å²) in [7, 11) is -3.88. The van der Waals surface area contributed by atoms with Crippen LogP contribution in [0.25, 0.3) is 10.8 Å². The molecule has 7 nitrogen and oxygen atoms in total. The molecule has 0 bridgehead atoms. The number of rotatable bonds is 7. The van der Waals surface area contributed by atoms with Gasteiger partial charge in [0.1, 0.15) is 6.26 Å². The lowest BCUT2D eigenvalue weighted by Crippen LogP contribution is -2.43. The molecular weight excluding hydrogens is 366 g/mol. The number of sulfonamides is 1. The summed E-state index contributed by atoms with van der Waals surface area (Å²) >= 11 is 0. The Labute approximate surface area is 158 Å². The van der Waals surface area contributed by atoms with Crippen LogP contribution in [0.5, 0.6) is 0 Å². The van der Waals surface area contributed by atoms with E-state index in [-0.39, 0.29) is 23.3 Å². The van der Waals surface area contributed by atoms with Gasteiger partial charge in [-0.25, -0.2) is 8.42 Å². The molecule has 0 spiro atoms. The summed E-state index contributed by atoms with van der Waals surface area (Å²) in [6.45, 7) is 3.35. The number of hydrogen-bond donors (Lipinski definition) is 1. The highest BCUT2D eigenvalue weighted by molar-refractivity contribution is 7.89. The third-order valence-electron chi connectivity index (χ3n) is 4.42. The van der Waals surface area contributed by atoms with Crippen molar-refractivity contribution in [1.82, 2.24) is 9.46 Å². The molecule has 0 aliphatic heterocycles. The molecule has 1 N–H and O–H groups in total. The van der Waals surface area contributed by atoms with Crippen molar-refractivity contribution < 1.29 is 17.7 Å². The van der Waals surface area contributed by atoms with Crippen LogP contribution in [-0.4, -0.2) is 36.4 Å². The zero-order valence-electron chi connectivity index (χ0n) is 15.1. The number of hydrogen-bond acceptors (Lipinski definition) is 5. The summed E-state index contributed by atoms with van der Waals surface area (Å²) in [6, 6.07) is 13.6. The quantitative estimate of drug-likeness (QED) is 0.672. The normalized spacial score (nSPS) is 13.0. The maximum atomic E-state index is 13.4. The maximum absolute atomic E-state index is 13.4. The molecule has 1 unspecified atom stereocenters. The smallest absolute Gasteiger partial charge is 0.244 e. The standard InChI is InChI=1S/C19H21N3O4S/c1-3-14(2)22(13-19(23)20-18-11-12-26-21-18)27(24,25)17-10-6-8-15-7-4-5-9-16(15)17/h4-12,14H,3,13H2,1-2H3,(H,20,21,23). The molecular formula is C19H21N3O4S. The van der Waals surface area contributed by atoms with E-state index in [1.807, 2.05) is 25.1 Å². The first-order valence-electron chi connectivity index (χ1n) is 8.63. The molecule has 3 aromatic rings. The number of amides is 1. The van der Waals surface area contributed by atoms with Crippen LogP contribution in [0.4, 0.5) is 5.82 Å². The van der Waals surface area contributed by atoms with Gasteiger partial charge in [0.15, 0.2) is 5.82 Å². The van der Waals surface area contributed by atoms with Crippen LogP contribution < -0.4 is 5.32 Å². The third kappa shape index (κ3) is 4.01. The minimum Gasteiger partial charge on any atom is -0.363 e. The van der Waals surface area contributed by atoms with Gasteiger partial charge in [-0.2, -0.15) is 4.31 Å². The third-order valence-corrected chi connectivity index (χ3v) is 6.44. The SMILES string of the molecule is CCC(C)N(CC(=O)Nc1ccon1)S(=O)(=O)c1cccc2ccccc12. The summed E-state index contributed by atoms with van der Waals surface area (Å²) in [6.07, 6.45) is 1.90. The Morgan fingerprint density at radius 1 is 1.19 bits per heavy atom. The summed E-state index contributed by atoms with van der Waals surface area (Å²) in [4.78, 5) is 12.6. The van der Waals surface area contributed by atoms with Crippen molar-refractivity contribution in [3.05, 3.63) is 54.8 Å². The fourth-order valence-corrected chi connectivity index (χ4v) is 4.71. The highest BCUT2D eigenvalue weighted by Gasteiger charge is 2.31. The molecule has 3 rings (SSSR count). The Bertz CT molecular complexity index is 1030. The van der Waals surface area contributed by atoms with Crippen LogP contribution in [0, 0.1) is 0 Å². The fraction of sp³-hybridized carbons (Fsp3) is 0.263. The molecule has 1 aromatic heterocycles. The van der Waals surface area contributed by atoms with Crippen molar-refractivity contribution in [2.24, 2.45) is 0 Å². The number of carbonyl (C=O) groups excluding carboxylic acids is 1. The van der Waals surface area contributed by atoms with Gasteiger partial charge < -0.3 is 9.84 Å². The van der Waals surface area contributed by atoms with Gasteiger partial charge in [0.05, 0.1) is 11.4 Å². The first kappa shape index (κ1) is 19.1. The van der Waals surface area contributed by atoms with E-state index < -0.39 is 15.9 Å². The van der Waals surface area contributed by atoms with Crippen molar-refractivity contribution in [3.63, 3.8) is 0 Å². The van der Waals surface area contributed by atoms with E-state index in [4.69, 9.17) is 0 Å². The molecule has 8 heteroatoms. The van der Waals surface area contributed by atoms with E-state index in [0.717, 1.165) is 5.39 Å². The number of aromatic nitrogens is 1. The Balaban J connectivity index is 1.96. The molecule has 2 aromatic carbocycles. The zero-order valence-corrected chi connectivity index (χ0v) is 15.9. The van der Waals surface area contributed by atoms with Gasteiger partial charge in [0.2, 0.25) is 15.9 Å². The van der Waals surface area contributed by atoms with E-state index in [1.54, 1.807) is 31.2 Å². The highest BCUT2D eigenvalue weighted by atomic mass is 32.2. The van der Waals surface area contributed by atoms with Gasteiger partial charge in [-0.15, -0.1) is 0 Å². The van der Waals surface area contributed by atoms with E-state index in [2.05, 4.69) is 15.0 Å². The minimum atomic E-state index is -3.88. The van der Waals surface area contributed by atoms with E-state index >= 15 is 0 Å². The van der Waals surface area contributed by atoms with Gasteiger partial charge >= 0.3 is 0 Å². The second-order valence-corrected chi connectivity index (χ2v) is 8.08. The first-order chi connectivity index (χ1) is 12.9. The van der Waals surface area contributed by atoms with Crippen LogP contribution >= 0.6 is 0 Å².